The van der Waals surface area contributed by atoms with Crippen molar-refractivity contribution in [1.29, 1.82) is 0 Å². The summed E-state index contributed by atoms with van der Waals surface area (Å²) in [6.07, 6.45) is 2.44. The molecule has 0 bridgehead atoms. The van der Waals surface area contributed by atoms with E-state index in [0.717, 1.165) is 17.5 Å². The van der Waals surface area contributed by atoms with E-state index in [4.69, 9.17) is 19.3 Å². The fourth-order valence-electron chi connectivity index (χ4n) is 1.79. The molecular formula is C17H20N2O5. The highest BCUT2D eigenvalue weighted by Crippen LogP contribution is 2.17. The van der Waals surface area contributed by atoms with E-state index in [-0.39, 0.29) is 18.2 Å². The lowest BCUT2D eigenvalue weighted by molar-refractivity contribution is -0.0578. The van der Waals surface area contributed by atoms with Gasteiger partial charge in [-0.1, -0.05) is 12.1 Å². The molecular weight excluding hydrogens is 312 g/mol. The third-order valence-electron chi connectivity index (χ3n) is 3.20. The molecule has 2 aromatic rings. The molecule has 0 atom stereocenters. The van der Waals surface area contributed by atoms with Gasteiger partial charge >= 0.3 is 5.97 Å². The first-order valence-corrected chi connectivity index (χ1v) is 7.35. The molecule has 0 aliphatic carbocycles. The summed E-state index contributed by atoms with van der Waals surface area (Å²) in [5.74, 6) is -0.0805. The van der Waals surface area contributed by atoms with Crippen molar-refractivity contribution in [2.24, 2.45) is 0 Å². The maximum absolute atomic E-state index is 10.7. The van der Waals surface area contributed by atoms with Gasteiger partial charge in [-0.2, -0.15) is 0 Å². The van der Waals surface area contributed by atoms with Crippen molar-refractivity contribution in [3.63, 3.8) is 0 Å². The molecule has 0 saturated heterocycles. The molecule has 1 N–H and O–H groups in total. The monoisotopic (exact) mass is 332 g/mol. The van der Waals surface area contributed by atoms with E-state index < -0.39 is 11.6 Å². The lowest BCUT2D eigenvalue weighted by atomic mass is 10.1. The zero-order chi connectivity index (χ0) is 17.6. The van der Waals surface area contributed by atoms with E-state index in [2.05, 4.69) is 9.97 Å². The summed E-state index contributed by atoms with van der Waals surface area (Å²) in [6, 6.07) is 7.63. The molecule has 7 heteroatoms. The first kappa shape index (κ1) is 17.7. The van der Waals surface area contributed by atoms with Gasteiger partial charge in [0.15, 0.2) is 5.69 Å². The van der Waals surface area contributed by atoms with Crippen LogP contribution >= 0.6 is 0 Å². The van der Waals surface area contributed by atoms with Gasteiger partial charge in [0.1, 0.15) is 12.4 Å². The minimum atomic E-state index is -1.13. The molecule has 2 rings (SSSR count). The Morgan fingerprint density at radius 1 is 1.17 bits per heavy atom. The highest BCUT2D eigenvalue weighted by molar-refractivity contribution is 5.84. The SMILES string of the molecule is COc1ccc(COC(C)(C)COc2cnc(C(=O)O)cn2)cc1. The number of carboxylic acids is 1. The molecule has 1 heterocycles. The van der Waals surface area contributed by atoms with Crippen molar-refractivity contribution in [3.05, 3.63) is 47.9 Å². The number of carbonyl (C=O) groups is 1. The number of rotatable bonds is 8. The minimum Gasteiger partial charge on any atom is -0.497 e. The predicted octanol–water partition coefficient (Wildman–Crippen LogP) is 2.56. The van der Waals surface area contributed by atoms with E-state index in [1.807, 2.05) is 38.1 Å². The maximum atomic E-state index is 10.7. The number of ether oxygens (including phenoxy) is 3. The van der Waals surface area contributed by atoms with Gasteiger partial charge in [-0.05, 0) is 31.5 Å². The number of aromatic nitrogens is 2. The van der Waals surface area contributed by atoms with Crippen LogP contribution in [-0.2, 0) is 11.3 Å². The smallest absolute Gasteiger partial charge is 0.356 e. The van der Waals surface area contributed by atoms with E-state index in [0.29, 0.717) is 6.61 Å². The fourth-order valence-corrected chi connectivity index (χ4v) is 1.79. The average molecular weight is 332 g/mol. The summed E-state index contributed by atoms with van der Waals surface area (Å²) < 4.78 is 16.5. The standard InChI is InChI=1S/C17H20N2O5/c1-17(2,24-10-12-4-6-13(22-3)7-5-12)11-23-15-9-18-14(8-19-15)16(20)21/h4-9H,10-11H2,1-3H3,(H,20,21). The van der Waals surface area contributed by atoms with Crippen LogP contribution < -0.4 is 9.47 Å². The Kier molecular flexibility index (Phi) is 5.70. The van der Waals surface area contributed by atoms with E-state index in [9.17, 15) is 4.79 Å². The first-order chi connectivity index (χ1) is 11.4. The summed E-state index contributed by atoms with van der Waals surface area (Å²) in [5.41, 5.74) is 0.347. The zero-order valence-corrected chi connectivity index (χ0v) is 13.9. The van der Waals surface area contributed by atoms with Gasteiger partial charge in [-0.15, -0.1) is 0 Å². The number of hydrogen-bond donors (Lipinski definition) is 1. The van der Waals surface area contributed by atoms with Crippen molar-refractivity contribution in [2.45, 2.75) is 26.1 Å². The maximum Gasteiger partial charge on any atom is 0.356 e. The Labute approximate surface area is 140 Å². The van der Waals surface area contributed by atoms with Gasteiger partial charge in [-0.25, -0.2) is 14.8 Å². The highest BCUT2D eigenvalue weighted by Gasteiger charge is 2.20. The normalized spacial score (nSPS) is 11.1. The Morgan fingerprint density at radius 2 is 1.88 bits per heavy atom. The van der Waals surface area contributed by atoms with Crippen LogP contribution in [0.25, 0.3) is 0 Å². The van der Waals surface area contributed by atoms with Crippen molar-refractivity contribution in [1.82, 2.24) is 9.97 Å². The number of carboxylic acid groups (broad SMARTS) is 1. The summed E-state index contributed by atoms with van der Waals surface area (Å²) in [5, 5.41) is 8.77. The molecule has 0 aliphatic heterocycles. The number of nitrogens with zero attached hydrogens (tertiary/aromatic N) is 2. The second-order valence-corrected chi connectivity index (χ2v) is 5.73. The highest BCUT2D eigenvalue weighted by atomic mass is 16.5. The zero-order valence-electron chi connectivity index (χ0n) is 13.9. The molecule has 0 unspecified atom stereocenters. The van der Waals surface area contributed by atoms with Gasteiger partial charge in [0.05, 0.1) is 31.7 Å². The predicted molar refractivity (Wildman–Crippen MR) is 86.3 cm³/mol. The van der Waals surface area contributed by atoms with Crippen LogP contribution in [0.15, 0.2) is 36.7 Å². The quantitative estimate of drug-likeness (QED) is 0.794. The summed E-state index contributed by atoms with van der Waals surface area (Å²) >= 11 is 0. The van der Waals surface area contributed by atoms with Crippen LogP contribution in [0.2, 0.25) is 0 Å². The van der Waals surface area contributed by atoms with Gasteiger partial charge in [0, 0.05) is 0 Å². The topological polar surface area (TPSA) is 90.8 Å². The van der Waals surface area contributed by atoms with Crippen molar-refractivity contribution in [3.8, 4) is 11.6 Å². The van der Waals surface area contributed by atoms with Crippen molar-refractivity contribution >= 4 is 5.97 Å². The Morgan fingerprint density at radius 3 is 2.42 bits per heavy atom. The number of aromatic carboxylic acids is 1. The lowest BCUT2D eigenvalue weighted by Gasteiger charge is -2.25. The van der Waals surface area contributed by atoms with Crippen LogP contribution in [0.5, 0.6) is 11.6 Å². The Hall–Kier alpha value is -2.67. The summed E-state index contributed by atoms with van der Waals surface area (Å²) in [4.78, 5) is 18.4. The van der Waals surface area contributed by atoms with Crippen LogP contribution in [0, 0.1) is 0 Å². The Bertz CT molecular complexity index is 668. The minimum absolute atomic E-state index is 0.127. The van der Waals surface area contributed by atoms with Crippen LogP contribution in [0.3, 0.4) is 0 Å². The molecule has 0 spiro atoms. The molecule has 0 amide bonds. The second kappa shape index (κ2) is 7.74. The van der Waals surface area contributed by atoms with Crippen LogP contribution in [-0.4, -0.2) is 40.4 Å². The third kappa shape index (κ3) is 5.20. The molecule has 0 saturated carbocycles. The number of benzene rings is 1. The molecule has 128 valence electrons. The average Bonchev–Trinajstić information content (AvgIpc) is 2.59. The van der Waals surface area contributed by atoms with E-state index >= 15 is 0 Å². The molecule has 0 fully saturated rings. The number of hydrogen-bond acceptors (Lipinski definition) is 6. The number of methoxy groups -OCH3 is 1. The third-order valence-corrected chi connectivity index (χ3v) is 3.20. The van der Waals surface area contributed by atoms with Crippen molar-refractivity contribution in [2.75, 3.05) is 13.7 Å². The van der Waals surface area contributed by atoms with Gasteiger partial charge in [0.2, 0.25) is 5.88 Å². The largest absolute Gasteiger partial charge is 0.497 e. The molecule has 1 aromatic heterocycles. The fraction of sp³-hybridized carbons (Fsp3) is 0.353. The first-order valence-electron chi connectivity index (χ1n) is 7.35. The van der Waals surface area contributed by atoms with Crippen LogP contribution in [0.4, 0.5) is 0 Å². The molecule has 7 nitrogen and oxygen atoms in total. The second-order valence-electron chi connectivity index (χ2n) is 5.73. The Balaban J connectivity index is 1.84. The molecule has 0 radical (unpaired) electrons. The lowest BCUT2D eigenvalue weighted by Crippen LogP contribution is -2.32. The molecule has 1 aromatic carbocycles. The van der Waals surface area contributed by atoms with Crippen molar-refractivity contribution < 1.29 is 24.1 Å². The molecule has 24 heavy (non-hydrogen) atoms. The van der Waals surface area contributed by atoms with Crippen LogP contribution in [0.1, 0.15) is 29.9 Å². The van der Waals surface area contributed by atoms with Gasteiger partial charge < -0.3 is 19.3 Å². The summed E-state index contributed by atoms with van der Waals surface area (Å²) in [6.45, 7) is 4.49. The van der Waals surface area contributed by atoms with Gasteiger partial charge in [-0.3, -0.25) is 0 Å². The van der Waals surface area contributed by atoms with E-state index in [1.165, 1.54) is 6.20 Å². The van der Waals surface area contributed by atoms with E-state index in [1.54, 1.807) is 7.11 Å². The van der Waals surface area contributed by atoms with Gasteiger partial charge in [0.25, 0.3) is 0 Å². The summed E-state index contributed by atoms with van der Waals surface area (Å²) in [7, 11) is 1.62. The molecule has 0 aliphatic rings.